The molecule has 0 fully saturated rings. The predicted molar refractivity (Wildman–Crippen MR) is 63.0 cm³/mol. The van der Waals surface area contributed by atoms with Gasteiger partial charge in [0, 0.05) is 11.1 Å². The molecule has 2 rings (SSSR count). The SMILES string of the molecule is O=C(c1ccccc1)c1ccc(O)cc1Cl. The Hall–Kier alpha value is -1.80. The van der Waals surface area contributed by atoms with Gasteiger partial charge in [0.25, 0.3) is 0 Å². The van der Waals surface area contributed by atoms with E-state index in [4.69, 9.17) is 11.6 Å². The van der Waals surface area contributed by atoms with Crippen LogP contribution in [0.4, 0.5) is 0 Å². The Bertz CT molecular complexity index is 521. The number of carbonyl (C=O) groups is 1. The number of ketones is 1. The van der Waals surface area contributed by atoms with Gasteiger partial charge in [0.05, 0.1) is 5.02 Å². The van der Waals surface area contributed by atoms with Crippen molar-refractivity contribution in [1.29, 1.82) is 0 Å². The van der Waals surface area contributed by atoms with E-state index < -0.39 is 0 Å². The number of carbonyl (C=O) groups excluding carboxylic acids is 1. The minimum absolute atomic E-state index is 0.0506. The van der Waals surface area contributed by atoms with E-state index >= 15 is 0 Å². The fourth-order valence-electron chi connectivity index (χ4n) is 1.43. The smallest absolute Gasteiger partial charge is 0.194 e. The van der Waals surface area contributed by atoms with Gasteiger partial charge in [-0.05, 0) is 18.2 Å². The molecule has 0 aliphatic carbocycles. The highest BCUT2D eigenvalue weighted by molar-refractivity contribution is 6.35. The zero-order chi connectivity index (χ0) is 11.5. The van der Waals surface area contributed by atoms with E-state index in [1.165, 1.54) is 18.2 Å². The van der Waals surface area contributed by atoms with Crippen molar-refractivity contribution < 1.29 is 9.90 Å². The zero-order valence-electron chi connectivity index (χ0n) is 8.35. The molecule has 0 unspecified atom stereocenters. The molecule has 0 atom stereocenters. The summed E-state index contributed by atoms with van der Waals surface area (Å²) in [6, 6.07) is 13.2. The van der Waals surface area contributed by atoms with Gasteiger partial charge in [-0.3, -0.25) is 4.79 Å². The topological polar surface area (TPSA) is 37.3 Å². The molecule has 2 aromatic rings. The standard InChI is InChI=1S/C13H9ClO2/c14-12-8-10(15)6-7-11(12)13(16)9-4-2-1-3-5-9/h1-8,15H. The summed E-state index contributed by atoms with van der Waals surface area (Å²) in [5, 5.41) is 9.45. The first-order valence-corrected chi connectivity index (χ1v) is 5.14. The van der Waals surface area contributed by atoms with Crippen molar-refractivity contribution >= 4 is 17.4 Å². The Balaban J connectivity index is 2.42. The van der Waals surface area contributed by atoms with Crippen molar-refractivity contribution in [3.05, 3.63) is 64.7 Å². The highest BCUT2D eigenvalue weighted by atomic mass is 35.5. The van der Waals surface area contributed by atoms with E-state index in [9.17, 15) is 9.90 Å². The number of hydrogen-bond acceptors (Lipinski definition) is 2. The van der Waals surface area contributed by atoms with Crippen molar-refractivity contribution in [2.24, 2.45) is 0 Å². The van der Waals surface area contributed by atoms with E-state index in [1.54, 1.807) is 24.3 Å². The molecular weight excluding hydrogens is 224 g/mol. The Kier molecular flexibility index (Phi) is 2.93. The van der Waals surface area contributed by atoms with Crippen molar-refractivity contribution in [3.63, 3.8) is 0 Å². The molecule has 0 bridgehead atoms. The highest BCUT2D eigenvalue weighted by Crippen LogP contribution is 2.23. The van der Waals surface area contributed by atoms with Gasteiger partial charge in [-0.15, -0.1) is 0 Å². The number of aromatic hydroxyl groups is 1. The first kappa shape index (κ1) is 10.7. The number of phenols is 1. The summed E-state index contributed by atoms with van der Waals surface area (Å²) in [6.45, 7) is 0. The maximum atomic E-state index is 12.0. The van der Waals surface area contributed by atoms with Crippen LogP contribution in [0.5, 0.6) is 5.75 Å². The van der Waals surface area contributed by atoms with Gasteiger partial charge < -0.3 is 5.11 Å². The van der Waals surface area contributed by atoms with Crippen LogP contribution in [0.25, 0.3) is 0 Å². The van der Waals surface area contributed by atoms with Crippen molar-refractivity contribution in [2.75, 3.05) is 0 Å². The molecule has 2 nitrogen and oxygen atoms in total. The third-order valence-electron chi connectivity index (χ3n) is 2.23. The van der Waals surface area contributed by atoms with Crippen molar-refractivity contribution in [3.8, 4) is 5.75 Å². The van der Waals surface area contributed by atoms with E-state index in [1.807, 2.05) is 6.07 Å². The summed E-state index contributed by atoms with van der Waals surface area (Å²) in [4.78, 5) is 12.0. The molecule has 0 aliphatic rings. The molecule has 0 heterocycles. The normalized spacial score (nSPS) is 10.1. The first-order valence-electron chi connectivity index (χ1n) is 4.77. The first-order chi connectivity index (χ1) is 7.68. The van der Waals surface area contributed by atoms with Gasteiger partial charge in [-0.25, -0.2) is 0 Å². The lowest BCUT2D eigenvalue weighted by atomic mass is 10.0. The average molecular weight is 233 g/mol. The lowest BCUT2D eigenvalue weighted by molar-refractivity contribution is 0.103. The molecule has 0 aliphatic heterocycles. The quantitative estimate of drug-likeness (QED) is 0.807. The third kappa shape index (κ3) is 2.07. The second-order valence-electron chi connectivity index (χ2n) is 3.36. The molecule has 16 heavy (non-hydrogen) atoms. The van der Waals surface area contributed by atoms with E-state index in [2.05, 4.69) is 0 Å². The van der Waals surface area contributed by atoms with E-state index in [0.717, 1.165) is 0 Å². The van der Waals surface area contributed by atoms with Crippen molar-refractivity contribution in [2.45, 2.75) is 0 Å². The van der Waals surface area contributed by atoms with Crippen molar-refractivity contribution in [1.82, 2.24) is 0 Å². The molecule has 0 amide bonds. The van der Waals surface area contributed by atoms with Crippen LogP contribution >= 0.6 is 11.6 Å². The summed E-state index contributed by atoms with van der Waals surface area (Å²) in [5.74, 6) is -0.0970. The lowest BCUT2D eigenvalue weighted by Gasteiger charge is -2.03. The van der Waals surface area contributed by atoms with Crippen LogP contribution in [0.1, 0.15) is 15.9 Å². The second-order valence-corrected chi connectivity index (χ2v) is 3.77. The Morgan fingerprint density at radius 3 is 2.38 bits per heavy atom. The van der Waals surface area contributed by atoms with Crippen LogP contribution in [0.15, 0.2) is 48.5 Å². The fraction of sp³-hybridized carbons (Fsp3) is 0. The number of benzene rings is 2. The fourth-order valence-corrected chi connectivity index (χ4v) is 1.69. The van der Waals surface area contributed by atoms with E-state index in [0.29, 0.717) is 11.1 Å². The van der Waals surface area contributed by atoms with Gasteiger partial charge in [0.1, 0.15) is 5.75 Å². The predicted octanol–water partition coefficient (Wildman–Crippen LogP) is 3.28. The van der Waals surface area contributed by atoms with Crippen LogP contribution in [0, 0.1) is 0 Å². The van der Waals surface area contributed by atoms with Crippen LogP contribution < -0.4 is 0 Å². The van der Waals surface area contributed by atoms with Gasteiger partial charge in [-0.2, -0.15) is 0 Å². The Labute approximate surface area is 98.1 Å². The Morgan fingerprint density at radius 1 is 1.06 bits per heavy atom. The summed E-state index contributed by atoms with van der Waals surface area (Å²) in [7, 11) is 0. The molecule has 0 radical (unpaired) electrons. The summed E-state index contributed by atoms with van der Waals surface area (Å²) >= 11 is 5.89. The number of hydrogen-bond donors (Lipinski definition) is 1. The highest BCUT2D eigenvalue weighted by Gasteiger charge is 2.12. The maximum absolute atomic E-state index is 12.0. The maximum Gasteiger partial charge on any atom is 0.194 e. The molecule has 0 saturated carbocycles. The van der Waals surface area contributed by atoms with Gasteiger partial charge in [0.15, 0.2) is 5.78 Å². The van der Waals surface area contributed by atoms with Gasteiger partial charge in [-0.1, -0.05) is 41.9 Å². The Morgan fingerprint density at radius 2 is 1.75 bits per heavy atom. The summed E-state index contributed by atoms with van der Waals surface area (Å²) in [6.07, 6.45) is 0. The summed E-state index contributed by atoms with van der Waals surface area (Å²) in [5.41, 5.74) is 0.973. The summed E-state index contributed by atoms with van der Waals surface area (Å²) < 4.78 is 0. The third-order valence-corrected chi connectivity index (χ3v) is 2.55. The molecule has 80 valence electrons. The molecule has 2 aromatic carbocycles. The van der Waals surface area contributed by atoms with Crippen LogP contribution in [0.2, 0.25) is 5.02 Å². The molecule has 0 spiro atoms. The largest absolute Gasteiger partial charge is 0.508 e. The molecule has 3 heteroatoms. The van der Waals surface area contributed by atoms with Crippen LogP contribution in [-0.4, -0.2) is 10.9 Å². The molecule has 0 aromatic heterocycles. The number of halogens is 1. The average Bonchev–Trinajstić information content (AvgIpc) is 2.29. The molecule has 0 saturated heterocycles. The minimum atomic E-state index is -0.148. The zero-order valence-corrected chi connectivity index (χ0v) is 9.11. The van der Waals surface area contributed by atoms with Gasteiger partial charge in [0.2, 0.25) is 0 Å². The minimum Gasteiger partial charge on any atom is -0.508 e. The van der Waals surface area contributed by atoms with Gasteiger partial charge >= 0.3 is 0 Å². The number of rotatable bonds is 2. The second kappa shape index (κ2) is 4.37. The lowest BCUT2D eigenvalue weighted by Crippen LogP contribution is -2.01. The van der Waals surface area contributed by atoms with E-state index in [-0.39, 0.29) is 16.6 Å². The molecule has 1 N–H and O–H groups in total. The van der Waals surface area contributed by atoms with Crippen LogP contribution in [0.3, 0.4) is 0 Å². The molecular formula is C13H9ClO2. The van der Waals surface area contributed by atoms with Crippen LogP contribution in [-0.2, 0) is 0 Å². The monoisotopic (exact) mass is 232 g/mol. The number of phenolic OH excluding ortho intramolecular Hbond substituents is 1.